The zero-order valence-electron chi connectivity index (χ0n) is 14.1. The SMILES string of the molecule is CCOC1CC(NC(=O)N[C@H]2c3ccccc3C[C@H]2O)C12CCC2. The number of hydrogen-bond donors (Lipinski definition) is 3. The zero-order chi connectivity index (χ0) is 16.7. The van der Waals surface area contributed by atoms with Crippen LogP contribution in [-0.2, 0) is 11.2 Å². The molecule has 4 atom stereocenters. The molecule has 1 aromatic rings. The van der Waals surface area contributed by atoms with Gasteiger partial charge >= 0.3 is 6.03 Å². The van der Waals surface area contributed by atoms with Crippen LogP contribution in [0.4, 0.5) is 4.79 Å². The summed E-state index contributed by atoms with van der Waals surface area (Å²) >= 11 is 0. The van der Waals surface area contributed by atoms with Gasteiger partial charge < -0.3 is 20.5 Å². The first-order valence-corrected chi connectivity index (χ1v) is 9.08. The maximum atomic E-state index is 12.5. The van der Waals surface area contributed by atoms with Crippen LogP contribution in [0.1, 0.15) is 49.8 Å². The fraction of sp³-hybridized carbons (Fsp3) is 0.632. The second-order valence-corrected chi connectivity index (χ2v) is 7.38. The van der Waals surface area contributed by atoms with E-state index in [0.29, 0.717) is 12.5 Å². The van der Waals surface area contributed by atoms with Crippen molar-refractivity contribution in [1.82, 2.24) is 10.6 Å². The molecule has 5 heteroatoms. The maximum absolute atomic E-state index is 12.5. The highest BCUT2D eigenvalue weighted by Gasteiger charge is 2.59. The summed E-state index contributed by atoms with van der Waals surface area (Å²) in [4.78, 5) is 12.5. The summed E-state index contributed by atoms with van der Waals surface area (Å²) in [5.41, 5.74) is 2.30. The Morgan fingerprint density at radius 3 is 2.83 bits per heavy atom. The molecule has 2 amide bonds. The van der Waals surface area contributed by atoms with Crippen LogP contribution in [0, 0.1) is 5.41 Å². The van der Waals surface area contributed by atoms with E-state index in [2.05, 4.69) is 10.6 Å². The van der Waals surface area contributed by atoms with Gasteiger partial charge in [0.05, 0.1) is 18.2 Å². The van der Waals surface area contributed by atoms with E-state index in [4.69, 9.17) is 4.74 Å². The Balaban J connectivity index is 1.38. The zero-order valence-corrected chi connectivity index (χ0v) is 14.1. The summed E-state index contributed by atoms with van der Waals surface area (Å²) in [5.74, 6) is 0. The lowest BCUT2D eigenvalue weighted by molar-refractivity contribution is -0.169. The molecule has 3 aliphatic carbocycles. The van der Waals surface area contributed by atoms with Crippen molar-refractivity contribution in [2.45, 2.75) is 63.3 Å². The normalized spacial score (nSPS) is 32.6. The summed E-state index contributed by atoms with van der Waals surface area (Å²) in [6.07, 6.45) is 4.72. The van der Waals surface area contributed by atoms with Crippen molar-refractivity contribution in [1.29, 1.82) is 0 Å². The molecule has 130 valence electrons. The molecule has 5 nitrogen and oxygen atoms in total. The summed E-state index contributed by atoms with van der Waals surface area (Å²) < 4.78 is 5.83. The Morgan fingerprint density at radius 2 is 2.12 bits per heavy atom. The molecule has 4 rings (SSSR count). The van der Waals surface area contributed by atoms with Gasteiger partial charge in [-0.1, -0.05) is 30.7 Å². The Kier molecular flexibility index (Phi) is 4.01. The van der Waals surface area contributed by atoms with Crippen LogP contribution in [-0.4, -0.2) is 36.0 Å². The maximum Gasteiger partial charge on any atom is 0.315 e. The van der Waals surface area contributed by atoms with E-state index in [-0.39, 0.29) is 23.5 Å². The van der Waals surface area contributed by atoms with Crippen molar-refractivity contribution in [3.05, 3.63) is 35.4 Å². The number of fused-ring (bicyclic) bond motifs is 1. The van der Waals surface area contributed by atoms with Gasteiger partial charge in [0, 0.05) is 24.5 Å². The van der Waals surface area contributed by atoms with E-state index >= 15 is 0 Å². The van der Waals surface area contributed by atoms with Crippen molar-refractivity contribution in [3.8, 4) is 0 Å². The van der Waals surface area contributed by atoms with Gasteiger partial charge in [0.25, 0.3) is 0 Å². The van der Waals surface area contributed by atoms with Gasteiger partial charge in [-0.25, -0.2) is 4.79 Å². The molecule has 1 spiro atoms. The van der Waals surface area contributed by atoms with Crippen molar-refractivity contribution in [2.75, 3.05) is 6.61 Å². The molecule has 0 heterocycles. The van der Waals surface area contributed by atoms with Crippen molar-refractivity contribution >= 4 is 6.03 Å². The molecule has 24 heavy (non-hydrogen) atoms. The van der Waals surface area contributed by atoms with Gasteiger partial charge in [0.2, 0.25) is 0 Å². The van der Waals surface area contributed by atoms with Crippen molar-refractivity contribution in [3.63, 3.8) is 0 Å². The lowest BCUT2D eigenvalue weighted by Gasteiger charge is -2.60. The molecule has 3 N–H and O–H groups in total. The molecule has 1 aromatic carbocycles. The van der Waals surface area contributed by atoms with Crippen molar-refractivity contribution in [2.24, 2.45) is 5.41 Å². The molecular formula is C19H26N2O3. The van der Waals surface area contributed by atoms with Crippen LogP contribution in [0.25, 0.3) is 0 Å². The smallest absolute Gasteiger partial charge is 0.315 e. The summed E-state index contributed by atoms with van der Waals surface area (Å²) in [6.45, 7) is 2.76. The van der Waals surface area contributed by atoms with Crippen LogP contribution in [0.5, 0.6) is 0 Å². The third kappa shape index (κ3) is 2.42. The quantitative estimate of drug-likeness (QED) is 0.793. The van der Waals surface area contributed by atoms with Crippen molar-refractivity contribution < 1.29 is 14.6 Å². The number of amides is 2. The minimum Gasteiger partial charge on any atom is -0.390 e. The Labute approximate surface area is 142 Å². The fourth-order valence-corrected chi connectivity index (χ4v) is 4.73. The average molecular weight is 330 g/mol. The van der Waals surface area contributed by atoms with Gasteiger partial charge in [0.15, 0.2) is 0 Å². The lowest BCUT2D eigenvalue weighted by atomic mass is 9.51. The molecule has 0 radical (unpaired) electrons. The summed E-state index contributed by atoms with van der Waals surface area (Å²) in [7, 11) is 0. The van der Waals surface area contributed by atoms with Crippen LogP contribution in [0.15, 0.2) is 24.3 Å². The van der Waals surface area contributed by atoms with Crippen LogP contribution < -0.4 is 10.6 Å². The molecule has 0 aliphatic heterocycles. The number of benzene rings is 1. The number of rotatable bonds is 4. The number of carbonyl (C=O) groups is 1. The molecule has 3 aliphatic rings. The number of hydrogen-bond acceptors (Lipinski definition) is 3. The fourth-order valence-electron chi connectivity index (χ4n) is 4.73. The topological polar surface area (TPSA) is 70.6 Å². The van der Waals surface area contributed by atoms with Gasteiger partial charge in [-0.3, -0.25) is 0 Å². The van der Waals surface area contributed by atoms with Crippen LogP contribution in [0.2, 0.25) is 0 Å². The molecule has 0 saturated heterocycles. The van der Waals surface area contributed by atoms with Gasteiger partial charge in [-0.15, -0.1) is 0 Å². The molecule has 0 bridgehead atoms. The first kappa shape index (κ1) is 15.9. The van der Waals surface area contributed by atoms with E-state index in [0.717, 1.165) is 37.0 Å². The van der Waals surface area contributed by atoms with Crippen LogP contribution in [0.3, 0.4) is 0 Å². The third-order valence-corrected chi connectivity index (χ3v) is 6.23. The molecule has 0 aromatic heterocycles. The largest absolute Gasteiger partial charge is 0.390 e. The number of aliphatic hydroxyl groups is 1. The predicted molar refractivity (Wildman–Crippen MR) is 90.7 cm³/mol. The van der Waals surface area contributed by atoms with E-state index < -0.39 is 6.10 Å². The molecular weight excluding hydrogens is 304 g/mol. The standard InChI is InChI=1S/C19H26N2O3/c1-2-24-16-11-15(19(16)8-5-9-19)20-18(23)21-17-13-7-4-3-6-12(13)10-14(17)22/h3-4,6-7,14-17,22H,2,5,8-11H2,1H3,(H2,20,21,23)/t14-,15?,16?,17+/m1/s1. The minimum atomic E-state index is -0.552. The summed E-state index contributed by atoms with van der Waals surface area (Å²) in [6, 6.07) is 7.61. The average Bonchev–Trinajstić information content (AvgIpc) is 2.80. The Morgan fingerprint density at radius 1 is 1.33 bits per heavy atom. The first-order chi connectivity index (χ1) is 11.6. The minimum absolute atomic E-state index is 0.152. The highest BCUT2D eigenvalue weighted by atomic mass is 16.5. The number of carbonyl (C=O) groups excluding carboxylic acids is 1. The predicted octanol–water partition coefficient (Wildman–Crippen LogP) is 2.29. The van der Waals surface area contributed by atoms with E-state index in [1.165, 1.54) is 6.42 Å². The Hall–Kier alpha value is -1.59. The van der Waals surface area contributed by atoms with Gasteiger partial charge in [-0.05, 0) is 37.3 Å². The number of ether oxygens (including phenoxy) is 1. The number of aliphatic hydroxyl groups excluding tert-OH is 1. The van der Waals surface area contributed by atoms with Gasteiger partial charge in [-0.2, -0.15) is 0 Å². The van der Waals surface area contributed by atoms with E-state index in [1.807, 2.05) is 31.2 Å². The molecule has 2 saturated carbocycles. The highest BCUT2D eigenvalue weighted by Crippen LogP contribution is 2.57. The molecule has 2 fully saturated rings. The van der Waals surface area contributed by atoms with Crippen LogP contribution >= 0.6 is 0 Å². The van der Waals surface area contributed by atoms with E-state index in [1.54, 1.807) is 0 Å². The number of nitrogens with one attached hydrogen (secondary N) is 2. The summed E-state index contributed by atoms with van der Waals surface area (Å²) in [5, 5.41) is 16.4. The number of urea groups is 1. The third-order valence-electron chi connectivity index (χ3n) is 6.23. The first-order valence-electron chi connectivity index (χ1n) is 9.08. The second kappa shape index (κ2) is 6.05. The Bertz CT molecular complexity index is 629. The monoisotopic (exact) mass is 330 g/mol. The van der Waals surface area contributed by atoms with Gasteiger partial charge in [0.1, 0.15) is 0 Å². The second-order valence-electron chi connectivity index (χ2n) is 7.38. The highest BCUT2D eigenvalue weighted by molar-refractivity contribution is 5.75. The lowest BCUT2D eigenvalue weighted by Crippen LogP contribution is -2.68. The molecule has 2 unspecified atom stereocenters. The van der Waals surface area contributed by atoms with E-state index in [9.17, 15) is 9.90 Å².